The van der Waals surface area contributed by atoms with Crippen molar-refractivity contribution in [3.63, 3.8) is 0 Å². The number of rotatable bonds is 1. The summed E-state index contributed by atoms with van der Waals surface area (Å²) in [6, 6.07) is 3.21. The lowest BCUT2D eigenvalue weighted by atomic mass is 10.2. The fourth-order valence-electron chi connectivity index (χ4n) is 1.22. The van der Waals surface area contributed by atoms with E-state index >= 15 is 0 Å². The lowest BCUT2D eigenvalue weighted by Crippen LogP contribution is -1.97. The number of imidazole rings is 1. The highest BCUT2D eigenvalue weighted by molar-refractivity contribution is 9.10. The summed E-state index contributed by atoms with van der Waals surface area (Å²) in [5.41, 5.74) is 1.09. The van der Waals surface area contributed by atoms with Crippen LogP contribution in [0.25, 0.3) is 11.0 Å². The molecule has 0 aliphatic rings. The number of aromatic amines is 1. The standard InChI is InChI=1S/C8H4BrClN2O2/c9-3-1-4(7(13)14)6-5(2-3)11-8(10)12-6/h1-2H,(H,11,12)(H,13,14). The first-order valence-electron chi connectivity index (χ1n) is 3.66. The number of H-pyrrole nitrogens is 1. The van der Waals surface area contributed by atoms with Crippen molar-refractivity contribution in [1.29, 1.82) is 0 Å². The number of nitrogens with one attached hydrogen (secondary N) is 1. The van der Waals surface area contributed by atoms with Crippen LogP contribution >= 0.6 is 27.5 Å². The Bertz CT molecular complexity index is 523. The van der Waals surface area contributed by atoms with E-state index in [1.54, 1.807) is 6.07 Å². The largest absolute Gasteiger partial charge is 0.478 e. The third kappa shape index (κ3) is 1.49. The molecule has 0 bridgehead atoms. The van der Waals surface area contributed by atoms with Gasteiger partial charge in [-0.2, -0.15) is 0 Å². The van der Waals surface area contributed by atoms with Gasteiger partial charge in [-0.1, -0.05) is 15.9 Å². The molecule has 0 radical (unpaired) electrons. The topological polar surface area (TPSA) is 66.0 Å². The van der Waals surface area contributed by atoms with Gasteiger partial charge in [0.05, 0.1) is 11.1 Å². The van der Waals surface area contributed by atoms with E-state index in [1.807, 2.05) is 0 Å². The summed E-state index contributed by atoms with van der Waals surface area (Å²) in [6.07, 6.45) is 0. The quantitative estimate of drug-likeness (QED) is 0.841. The number of aromatic nitrogens is 2. The molecule has 6 heteroatoms. The minimum absolute atomic E-state index is 0.123. The van der Waals surface area contributed by atoms with Crippen molar-refractivity contribution in [3.05, 3.63) is 27.5 Å². The van der Waals surface area contributed by atoms with Gasteiger partial charge in [0.2, 0.25) is 5.28 Å². The zero-order valence-corrected chi connectivity index (χ0v) is 9.06. The number of carboxylic acid groups (broad SMARTS) is 1. The van der Waals surface area contributed by atoms with E-state index in [-0.39, 0.29) is 10.8 Å². The minimum Gasteiger partial charge on any atom is -0.478 e. The van der Waals surface area contributed by atoms with Crippen LogP contribution in [0.2, 0.25) is 5.28 Å². The minimum atomic E-state index is -1.03. The molecule has 1 aromatic carbocycles. The second-order valence-corrected chi connectivity index (χ2v) is 3.96. The van der Waals surface area contributed by atoms with Crippen LogP contribution in [-0.4, -0.2) is 21.0 Å². The monoisotopic (exact) mass is 274 g/mol. The molecule has 2 N–H and O–H groups in total. The van der Waals surface area contributed by atoms with E-state index in [9.17, 15) is 4.79 Å². The molecule has 14 heavy (non-hydrogen) atoms. The second-order valence-electron chi connectivity index (χ2n) is 2.68. The molecule has 4 nitrogen and oxygen atoms in total. The van der Waals surface area contributed by atoms with Gasteiger partial charge >= 0.3 is 5.97 Å². The number of aromatic carboxylic acids is 1. The van der Waals surface area contributed by atoms with Gasteiger partial charge in [0.25, 0.3) is 0 Å². The van der Waals surface area contributed by atoms with Crippen LogP contribution in [0.1, 0.15) is 10.4 Å². The fourth-order valence-corrected chi connectivity index (χ4v) is 1.86. The molecule has 0 fully saturated rings. The van der Waals surface area contributed by atoms with Gasteiger partial charge in [-0.15, -0.1) is 0 Å². The maximum absolute atomic E-state index is 10.9. The fraction of sp³-hybridized carbons (Fsp3) is 0. The molecule has 2 rings (SSSR count). The summed E-state index contributed by atoms with van der Waals surface area (Å²) in [5.74, 6) is -1.03. The molecule has 0 spiro atoms. The Morgan fingerprint density at radius 2 is 2.29 bits per heavy atom. The summed E-state index contributed by atoms with van der Waals surface area (Å²) >= 11 is 8.84. The molecule has 0 unspecified atom stereocenters. The second kappa shape index (κ2) is 3.25. The van der Waals surface area contributed by atoms with Crippen molar-refractivity contribution in [2.75, 3.05) is 0 Å². The first kappa shape index (κ1) is 9.48. The van der Waals surface area contributed by atoms with E-state index in [4.69, 9.17) is 16.7 Å². The summed E-state index contributed by atoms with van der Waals surface area (Å²) in [7, 11) is 0. The average molecular weight is 275 g/mol. The number of carbonyl (C=O) groups is 1. The summed E-state index contributed by atoms with van der Waals surface area (Å²) in [6.45, 7) is 0. The Hall–Kier alpha value is -1.07. The van der Waals surface area contributed by atoms with Gasteiger partial charge < -0.3 is 10.1 Å². The van der Waals surface area contributed by atoms with Gasteiger partial charge in [-0.05, 0) is 23.7 Å². The van der Waals surface area contributed by atoms with Crippen molar-refractivity contribution in [3.8, 4) is 0 Å². The molecule has 0 aliphatic carbocycles. The van der Waals surface area contributed by atoms with E-state index in [0.29, 0.717) is 15.5 Å². The van der Waals surface area contributed by atoms with Gasteiger partial charge in [0.15, 0.2) is 0 Å². The van der Waals surface area contributed by atoms with E-state index < -0.39 is 5.97 Å². The van der Waals surface area contributed by atoms with Gasteiger partial charge in [-0.25, -0.2) is 9.78 Å². The number of halogens is 2. The average Bonchev–Trinajstić information content (AvgIpc) is 2.42. The molecule has 0 amide bonds. The molecule has 1 aromatic heterocycles. The number of hydrogen-bond acceptors (Lipinski definition) is 2. The smallest absolute Gasteiger partial charge is 0.338 e. The summed E-state index contributed by atoms with van der Waals surface area (Å²) in [5, 5.41) is 9.08. The predicted molar refractivity (Wildman–Crippen MR) is 55.8 cm³/mol. The van der Waals surface area contributed by atoms with Crippen LogP contribution in [0, 0.1) is 0 Å². The van der Waals surface area contributed by atoms with E-state index in [2.05, 4.69) is 25.9 Å². The van der Waals surface area contributed by atoms with Crippen molar-refractivity contribution in [2.45, 2.75) is 0 Å². The van der Waals surface area contributed by atoms with Crippen molar-refractivity contribution in [2.24, 2.45) is 0 Å². The third-order valence-electron chi connectivity index (χ3n) is 1.75. The van der Waals surface area contributed by atoms with Crippen LogP contribution in [0.4, 0.5) is 0 Å². The molecule has 1 heterocycles. The maximum atomic E-state index is 10.9. The molecule has 0 aliphatic heterocycles. The normalized spacial score (nSPS) is 10.7. The highest BCUT2D eigenvalue weighted by Crippen LogP contribution is 2.23. The van der Waals surface area contributed by atoms with Crippen LogP contribution in [-0.2, 0) is 0 Å². The number of fused-ring (bicyclic) bond motifs is 1. The molecule has 0 saturated carbocycles. The van der Waals surface area contributed by atoms with Crippen molar-refractivity contribution < 1.29 is 9.90 Å². The molecule has 0 saturated heterocycles. The predicted octanol–water partition coefficient (Wildman–Crippen LogP) is 2.68. The first-order valence-corrected chi connectivity index (χ1v) is 4.83. The Morgan fingerprint density at radius 1 is 1.57 bits per heavy atom. The first-order chi connectivity index (χ1) is 6.58. The number of nitrogens with zero attached hydrogens (tertiary/aromatic N) is 1. The van der Waals surface area contributed by atoms with Crippen molar-refractivity contribution >= 4 is 44.5 Å². The van der Waals surface area contributed by atoms with Gasteiger partial charge in [-0.3, -0.25) is 0 Å². The SMILES string of the molecule is O=C(O)c1cc(Br)cc2[nH]c(Cl)nc12. The molecular formula is C8H4BrClN2O2. The summed E-state index contributed by atoms with van der Waals surface area (Å²) < 4.78 is 0.669. The van der Waals surface area contributed by atoms with Crippen LogP contribution in [0.3, 0.4) is 0 Å². The van der Waals surface area contributed by atoms with E-state index in [1.165, 1.54) is 6.07 Å². The number of benzene rings is 1. The molecular weight excluding hydrogens is 271 g/mol. The van der Waals surface area contributed by atoms with Crippen LogP contribution in [0.15, 0.2) is 16.6 Å². The van der Waals surface area contributed by atoms with E-state index in [0.717, 1.165) is 0 Å². The summed E-state index contributed by atoms with van der Waals surface area (Å²) in [4.78, 5) is 17.5. The van der Waals surface area contributed by atoms with Crippen LogP contribution in [0.5, 0.6) is 0 Å². The maximum Gasteiger partial charge on any atom is 0.338 e. The molecule has 72 valence electrons. The number of carboxylic acids is 1. The lowest BCUT2D eigenvalue weighted by molar-refractivity contribution is 0.0699. The number of hydrogen-bond donors (Lipinski definition) is 2. The molecule has 0 atom stereocenters. The lowest BCUT2D eigenvalue weighted by Gasteiger charge is -1.96. The Kier molecular flexibility index (Phi) is 2.20. The van der Waals surface area contributed by atoms with Gasteiger partial charge in [0.1, 0.15) is 5.52 Å². The Balaban J connectivity index is 2.85. The Morgan fingerprint density at radius 3 is 2.93 bits per heavy atom. The highest BCUT2D eigenvalue weighted by atomic mass is 79.9. The van der Waals surface area contributed by atoms with Crippen molar-refractivity contribution in [1.82, 2.24) is 9.97 Å². The van der Waals surface area contributed by atoms with Gasteiger partial charge in [0, 0.05) is 4.47 Å². The molecule has 2 aromatic rings. The zero-order valence-electron chi connectivity index (χ0n) is 6.71. The third-order valence-corrected chi connectivity index (χ3v) is 2.39. The zero-order chi connectivity index (χ0) is 10.3. The van der Waals surface area contributed by atoms with Crippen LogP contribution < -0.4 is 0 Å². The highest BCUT2D eigenvalue weighted by Gasteiger charge is 2.13. The Labute approximate surface area is 92.0 Å².